The molecule has 3 rings (SSSR count). The Kier molecular flexibility index (Phi) is 6.05. The first-order valence-electron chi connectivity index (χ1n) is 9.13. The normalized spacial score (nSPS) is 16.7. The lowest BCUT2D eigenvalue weighted by Crippen LogP contribution is -2.38. The number of hydrogen-bond donors (Lipinski definition) is 2. The van der Waals surface area contributed by atoms with Crippen LogP contribution >= 0.6 is 0 Å². The number of pyridine rings is 1. The van der Waals surface area contributed by atoms with Crippen LogP contribution in [-0.2, 0) is 28.6 Å². The average molecular weight is 406 g/mol. The molecule has 0 aliphatic carbocycles. The molecule has 0 saturated carbocycles. The van der Waals surface area contributed by atoms with Gasteiger partial charge in [-0.2, -0.15) is 13.2 Å². The summed E-state index contributed by atoms with van der Waals surface area (Å²) in [5, 5.41) is 2.92. The minimum Gasteiger partial charge on any atom is -0.369 e. The minimum absolute atomic E-state index is 0.147. The second-order valence-electron chi connectivity index (χ2n) is 7.07. The zero-order valence-electron chi connectivity index (χ0n) is 15.6. The van der Waals surface area contributed by atoms with Gasteiger partial charge in [-0.05, 0) is 23.6 Å². The smallest absolute Gasteiger partial charge is 0.369 e. The maximum Gasteiger partial charge on any atom is 0.417 e. The molecular formula is C20H21F3N4O2. The molecule has 0 unspecified atom stereocenters. The maximum absolute atomic E-state index is 12.9. The van der Waals surface area contributed by atoms with E-state index in [9.17, 15) is 22.8 Å². The number of rotatable bonds is 6. The fourth-order valence-electron chi connectivity index (χ4n) is 3.31. The number of nitrogens with zero attached hydrogens (tertiary/aromatic N) is 2. The third-order valence-corrected chi connectivity index (χ3v) is 4.74. The molecule has 1 atom stereocenters. The molecule has 3 N–H and O–H groups in total. The first kappa shape index (κ1) is 20.6. The molecule has 1 aliphatic rings. The van der Waals surface area contributed by atoms with Crippen molar-refractivity contribution in [3.05, 3.63) is 59.4 Å². The van der Waals surface area contributed by atoms with Crippen LogP contribution < -0.4 is 16.0 Å². The molecule has 9 heteroatoms. The van der Waals surface area contributed by atoms with E-state index in [1.165, 1.54) is 6.20 Å². The summed E-state index contributed by atoms with van der Waals surface area (Å²) in [7, 11) is 0. The lowest BCUT2D eigenvalue weighted by molar-refractivity contribution is -0.137. The van der Waals surface area contributed by atoms with Crippen molar-refractivity contribution in [2.24, 2.45) is 5.73 Å². The van der Waals surface area contributed by atoms with E-state index >= 15 is 0 Å². The number of nitrogens with one attached hydrogen (secondary N) is 1. The highest BCUT2D eigenvalue weighted by Crippen LogP contribution is 2.31. The molecule has 1 aromatic heterocycles. The van der Waals surface area contributed by atoms with Gasteiger partial charge in [-0.15, -0.1) is 0 Å². The van der Waals surface area contributed by atoms with Crippen molar-refractivity contribution in [1.82, 2.24) is 10.3 Å². The quantitative estimate of drug-likeness (QED) is 0.769. The monoisotopic (exact) mass is 406 g/mol. The highest BCUT2D eigenvalue weighted by molar-refractivity contribution is 5.79. The number of anilines is 1. The van der Waals surface area contributed by atoms with Crippen molar-refractivity contribution >= 4 is 17.5 Å². The van der Waals surface area contributed by atoms with Gasteiger partial charge in [-0.25, -0.2) is 0 Å². The lowest BCUT2D eigenvalue weighted by atomic mass is 10.1. The molecule has 6 nitrogen and oxygen atoms in total. The Morgan fingerprint density at radius 1 is 1.14 bits per heavy atom. The number of nitrogens with two attached hydrogens (primary N) is 1. The molecular weight excluding hydrogens is 385 g/mol. The fourth-order valence-corrected chi connectivity index (χ4v) is 3.31. The second-order valence-corrected chi connectivity index (χ2v) is 7.07. The van der Waals surface area contributed by atoms with E-state index < -0.39 is 17.6 Å². The highest BCUT2D eigenvalue weighted by Gasteiger charge is 2.32. The number of hydrogen-bond acceptors (Lipinski definition) is 4. The first-order chi connectivity index (χ1) is 13.7. The predicted octanol–water partition coefficient (Wildman–Crippen LogP) is 2.07. The Bertz CT molecular complexity index is 884. The molecule has 2 heterocycles. The van der Waals surface area contributed by atoms with Crippen LogP contribution in [0.4, 0.5) is 18.9 Å². The third kappa shape index (κ3) is 5.69. The van der Waals surface area contributed by atoms with E-state index in [4.69, 9.17) is 5.73 Å². The molecule has 2 aromatic rings. The van der Waals surface area contributed by atoms with Gasteiger partial charge in [0.1, 0.15) is 0 Å². The molecule has 0 bridgehead atoms. The van der Waals surface area contributed by atoms with Crippen LogP contribution in [0.2, 0.25) is 0 Å². The van der Waals surface area contributed by atoms with E-state index in [0.29, 0.717) is 25.2 Å². The largest absolute Gasteiger partial charge is 0.417 e. The molecule has 1 aromatic carbocycles. The molecule has 1 aliphatic heterocycles. The topological polar surface area (TPSA) is 88.3 Å². The van der Waals surface area contributed by atoms with E-state index in [1.54, 1.807) is 29.2 Å². The summed E-state index contributed by atoms with van der Waals surface area (Å²) in [5.41, 5.74) is 6.33. The Labute approximate surface area is 165 Å². The summed E-state index contributed by atoms with van der Waals surface area (Å²) >= 11 is 0. The van der Waals surface area contributed by atoms with Crippen molar-refractivity contribution in [3.63, 3.8) is 0 Å². The number of primary amides is 1. The van der Waals surface area contributed by atoms with Crippen molar-refractivity contribution < 1.29 is 22.8 Å². The molecule has 29 heavy (non-hydrogen) atoms. The van der Waals surface area contributed by atoms with Crippen LogP contribution in [0.25, 0.3) is 0 Å². The lowest BCUT2D eigenvalue weighted by Gasteiger charge is -2.20. The van der Waals surface area contributed by atoms with Gasteiger partial charge in [0.2, 0.25) is 11.8 Å². The van der Waals surface area contributed by atoms with E-state index in [-0.39, 0.29) is 24.8 Å². The van der Waals surface area contributed by atoms with Crippen LogP contribution in [0.1, 0.15) is 23.1 Å². The Morgan fingerprint density at radius 3 is 2.41 bits per heavy atom. The second kappa shape index (κ2) is 8.50. The summed E-state index contributed by atoms with van der Waals surface area (Å²) in [4.78, 5) is 28.7. The van der Waals surface area contributed by atoms with E-state index in [0.717, 1.165) is 23.4 Å². The highest BCUT2D eigenvalue weighted by atomic mass is 19.4. The number of halogens is 3. The summed E-state index contributed by atoms with van der Waals surface area (Å²) in [6.45, 7) is 0.960. The number of carbonyl (C=O) groups is 2. The van der Waals surface area contributed by atoms with E-state index in [1.807, 2.05) is 0 Å². The van der Waals surface area contributed by atoms with Crippen molar-refractivity contribution in [1.29, 1.82) is 0 Å². The Morgan fingerprint density at radius 2 is 1.79 bits per heavy atom. The van der Waals surface area contributed by atoms with Gasteiger partial charge in [0.15, 0.2) is 0 Å². The molecule has 154 valence electrons. The van der Waals surface area contributed by atoms with Gasteiger partial charge < -0.3 is 16.0 Å². The standard InChI is InChI=1S/C20H21F3N4O2/c21-20(22,23)15-9-17(11-25-10-15)27-6-5-16(12-27)26-19(29)8-14-3-1-13(2-4-14)7-18(24)28/h1-4,9-11,16H,5-8,12H2,(H2,24,28)(H,26,29)/t16-/m1/s1. The van der Waals surface area contributed by atoms with Gasteiger partial charge >= 0.3 is 6.18 Å². The summed E-state index contributed by atoms with van der Waals surface area (Å²) < 4.78 is 38.6. The number of aromatic nitrogens is 1. The Hall–Kier alpha value is -3.10. The first-order valence-corrected chi connectivity index (χ1v) is 9.13. The van der Waals surface area contributed by atoms with Crippen LogP contribution in [0.3, 0.4) is 0 Å². The molecule has 2 amide bonds. The maximum atomic E-state index is 12.9. The van der Waals surface area contributed by atoms with Crippen LogP contribution in [-0.4, -0.2) is 35.9 Å². The van der Waals surface area contributed by atoms with Gasteiger partial charge in [0.05, 0.1) is 30.3 Å². The van der Waals surface area contributed by atoms with Gasteiger partial charge in [-0.3, -0.25) is 14.6 Å². The number of alkyl halides is 3. The number of amides is 2. The van der Waals surface area contributed by atoms with E-state index in [2.05, 4.69) is 10.3 Å². The SMILES string of the molecule is NC(=O)Cc1ccc(CC(=O)N[C@@H]2CCN(c3cncc(C(F)(F)F)c3)C2)cc1. The molecule has 1 fully saturated rings. The van der Waals surface area contributed by atoms with Crippen LogP contribution in [0.15, 0.2) is 42.7 Å². The summed E-state index contributed by atoms with van der Waals surface area (Å²) in [6.07, 6.45) is -1.28. The zero-order valence-corrected chi connectivity index (χ0v) is 15.6. The average Bonchev–Trinajstić information content (AvgIpc) is 3.11. The molecule has 0 radical (unpaired) electrons. The van der Waals surface area contributed by atoms with Crippen molar-refractivity contribution in [2.45, 2.75) is 31.5 Å². The number of carbonyl (C=O) groups excluding carboxylic acids is 2. The fraction of sp³-hybridized carbons (Fsp3) is 0.350. The zero-order chi connectivity index (χ0) is 21.0. The number of benzene rings is 1. The van der Waals surface area contributed by atoms with Crippen LogP contribution in [0, 0.1) is 0 Å². The molecule has 1 saturated heterocycles. The predicted molar refractivity (Wildman–Crippen MR) is 101 cm³/mol. The Balaban J connectivity index is 1.53. The molecule has 0 spiro atoms. The summed E-state index contributed by atoms with van der Waals surface area (Å²) in [5.74, 6) is -0.584. The third-order valence-electron chi connectivity index (χ3n) is 4.74. The minimum atomic E-state index is -4.44. The van der Waals surface area contributed by atoms with Crippen molar-refractivity contribution in [2.75, 3.05) is 18.0 Å². The van der Waals surface area contributed by atoms with Gasteiger partial charge in [0.25, 0.3) is 0 Å². The summed E-state index contributed by atoms with van der Waals surface area (Å²) in [6, 6.07) is 7.98. The van der Waals surface area contributed by atoms with Gasteiger partial charge in [0, 0.05) is 25.3 Å². The van der Waals surface area contributed by atoms with Gasteiger partial charge in [-0.1, -0.05) is 24.3 Å². The van der Waals surface area contributed by atoms with Crippen LogP contribution in [0.5, 0.6) is 0 Å². The van der Waals surface area contributed by atoms with Crippen molar-refractivity contribution in [3.8, 4) is 0 Å².